The summed E-state index contributed by atoms with van der Waals surface area (Å²) in [5, 5.41) is 3.28. The van der Waals surface area contributed by atoms with Crippen LogP contribution in [0.1, 0.15) is 48.4 Å². The number of carbonyl (C=O) groups excluding carboxylic acids is 4. The van der Waals surface area contributed by atoms with Crippen molar-refractivity contribution >= 4 is 40.5 Å². The lowest BCUT2D eigenvalue weighted by molar-refractivity contribution is -0.222. The minimum atomic E-state index is -1.27. The molecule has 1 aromatic heterocycles. The first-order valence-electron chi connectivity index (χ1n) is 16.3. The summed E-state index contributed by atoms with van der Waals surface area (Å²) in [6.45, 7) is 7.03. The molecule has 1 aliphatic heterocycles. The lowest BCUT2D eigenvalue weighted by Gasteiger charge is -2.29. The molecule has 1 saturated heterocycles. The highest BCUT2D eigenvalue weighted by molar-refractivity contribution is 6.15. The zero-order valence-corrected chi connectivity index (χ0v) is 29.0. The van der Waals surface area contributed by atoms with Gasteiger partial charge in [-0.05, 0) is 80.6 Å². The van der Waals surface area contributed by atoms with Crippen LogP contribution in [0.15, 0.2) is 132 Å². The van der Waals surface area contributed by atoms with E-state index < -0.39 is 29.7 Å². The summed E-state index contributed by atoms with van der Waals surface area (Å²) in [6, 6.07) is 32.2. The molecule has 2 N–H and O–H groups in total. The molecule has 0 bridgehead atoms. The fraction of sp³-hybridized carbons (Fsp3) is 0.175. The SMILES string of the molecule is CCOC(=O)c1ccc(NC=C2C(=O)OC(C)(C)OC2=O)cc1.CCOC(=O)c1ccc2[nH]ccc(=O)c2c1.c1ccc(Oc2ccccc2)cc1. The van der Waals surface area contributed by atoms with Crippen molar-refractivity contribution in [3.63, 3.8) is 0 Å². The first-order valence-corrected chi connectivity index (χ1v) is 16.3. The maximum absolute atomic E-state index is 11.8. The van der Waals surface area contributed by atoms with Gasteiger partial charge in [0.2, 0.25) is 0 Å². The molecule has 4 aromatic carbocycles. The van der Waals surface area contributed by atoms with Gasteiger partial charge in [0, 0.05) is 48.9 Å². The van der Waals surface area contributed by atoms with Crippen molar-refractivity contribution in [3.8, 4) is 11.5 Å². The summed E-state index contributed by atoms with van der Waals surface area (Å²) in [5.74, 6) is -1.88. The van der Waals surface area contributed by atoms with Crippen LogP contribution in [0, 0.1) is 0 Å². The highest BCUT2D eigenvalue weighted by atomic mass is 16.7. The molecule has 12 heteroatoms. The first kappa shape index (κ1) is 38.1. The molecule has 52 heavy (non-hydrogen) atoms. The number of aromatic amines is 1. The summed E-state index contributed by atoms with van der Waals surface area (Å²) >= 11 is 0. The number of carbonyl (C=O) groups is 4. The third-order valence-electron chi connectivity index (χ3n) is 6.89. The van der Waals surface area contributed by atoms with E-state index in [1.807, 2.05) is 60.7 Å². The van der Waals surface area contributed by atoms with Gasteiger partial charge < -0.3 is 34.0 Å². The number of H-pyrrole nitrogens is 1. The quantitative estimate of drug-likeness (QED) is 0.0728. The fourth-order valence-corrected chi connectivity index (χ4v) is 4.48. The normalized spacial score (nSPS) is 12.7. The second-order valence-corrected chi connectivity index (χ2v) is 11.2. The Morgan fingerprint density at radius 3 is 1.77 bits per heavy atom. The van der Waals surface area contributed by atoms with Crippen LogP contribution >= 0.6 is 0 Å². The Labute approximate surface area is 299 Å². The molecule has 0 saturated carbocycles. The molecule has 0 spiro atoms. The Morgan fingerprint density at radius 1 is 0.712 bits per heavy atom. The van der Waals surface area contributed by atoms with Crippen molar-refractivity contribution < 1.29 is 42.9 Å². The number of ether oxygens (including phenoxy) is 5. The van der Waals surface area contributed by atoms with E-state index >= 15 is 0 Å². The second kappa shape index (κ2) is 18.3. The van der Waals surface area contributed by atoms with Gasteiger partial charge in [-0.3, -0.25) is 4.79 Å². The Hall–Kier alpha value is -6.69. The fourth-order valence-electron chi connectivity index (χ4n) is 4.48. The van der Waals surface area contributed by atoms with Gasteiger partial charge >= 0.3 is 23.9 Å². The minimum absolute atomic E-state index is 0.111. The maximum Gasteiger partial charge on any atom is 0.350 e. The van der Waals surface area contributed by atoms with Gasteiger partial charge in [-0.2, -0.15) is 0 Å². The smallest absolute Gasteiger partial charge is 0.350 e. The van der Waals surface area contributed by atoms with Crippen molar-refractivity contribution in [2.45, 2.75) is 33.5 Å². The number of anilines is 1. The summed E-state index contributed by atoms with van der Waals surface area (Å²) in [6.07, 6.45) is 2.79. The van der Waals surface area contributed by atoms with Crippen LogP contribution in [0.25, 0.3) is 10.9 Å². The van der Waals surface area contributed by atoms with E-state index in [1.165, 1.54) is 26.1 Å². The number of benzene rings is 4. The number of hydrogen-bond donors (Lipinski definition) is 2. The van der Waals surface area contributed by atoms with Crippen molar-refractivity contribution in [2.75, 3.05) is 18.5 Å². The van der Waals surface area contributed by atoms with Gasteiger partial charge in [0.15, 0.2) is 11.0 Å². The van der Waals surface area contributed by atoms with E-state index in [0.29, 0.717) is 40.9 Å². The number of hydrogen-bond acceptors (Lipinski definition) is 11. The van der Waals surface area contributed by atoms with Crippen LogP contribution in [-0.2, 0) is 28.5 Å². The van der Waals surface area contributed by atoms with E-state index in [-0.39, 0.29) is 11.0 Å². The Balaban J connectivity index is 0.000000182. The summed E-state index contributed by atoms with van der Waals surface area (Å²) in [5.41, 5.74) is 1.74. The van der Waals surface area contributed by atoms with Crippen LogP contribution in [0.4, 0.5) is 5.69 Å². The standard InChI is InChI=1S/C16H17NO6.C12H11NO3.C12H10O/c1-4-21-13(18)10-5-7-11(8-6-10)17-9-12-14(19)22-16(2,3)23-15(12)20;1-2-16-12(15)8-3-4-10-9(7-8)11(14)5-6-13-10;1-3-7-11(8-4-1)13-12-9-5-2-6-10-12/h5-9,17H,4H2,1-3H3;3-7H,2H2,1H3,(H,13,14);1-10H. The average molecular weight is 707 g/mol. The first-order chi connectivity index (χ1) is 25.0. The predicted octanol–water partition coefficient (Wildman–Crippen LogP) is 7.18. The molecule has 0 amide bonds. The molecule has 1 fully saturated rings. The van der Waals surface area contributed by atoms with E-state index in [0.717, 1.165) is 11.5 Å². The lowest BCUT2D eigenvalue weighted by Crippen LogP contribution is -2.42. The zero-order valence-electron chi connectivity index (χ0n) is 29.0. The molecule has 6 rings (SSSR count). The minimum Gasteiger partial charge on any atom is -0.462 e. The highest BCUT2D eigenvalue weighted by Gasteiger charge is 2.38. The number of cyclic esters (lactones) is 2. The van der Waals surface area contributed by atoms with Crippen LogP contribution < -0.4 is 15.5 Å². The molecule has 0 atom stereocenters. The number of aromatic nitrogens is 1. The summed E-state index contributed by atoms with van der Waals surface area (Å²) in [7, 11) is 0. The van der Waals surface area contributed by atoms with Crippen LogP contribution in [-0.4, -0.2) is 47.9 Å². The number of nitrogens with one attached hydrogen (secondary N) is 2. The molecule has 1 aliphatic rings. The summed E-state index contributed by atoms with van der Waals surface area (Å²) in [4.78, 5) is 61.0. The van der Waals surface area contributed by atoms with Gasteiger partial charge in [0.25, 0.3) is 5.79 Å². The van der Waals surface area contributed by atoms with Crippen molar-refractivity contribution in [1.82, 2.24) is 4.98 Å². The monoisotopic (exact) mass is 706 g/mol. The van der Waals surface area contributed by atoms with Crippen molar-refractivity contribution in [2.24, 2.45) is 0 Å². The van der Waals surface area contributed by atoms with Gasteiger partial charge in [-0.15, -0.1) is 0 Å². The Kier molecular flexibility index (Phi) is 13.4. The lowest BCUT2D eigenvalue weighted by atomic mass is 10.1. The van der Waals surface area contributed by atoms with Crippen LogP contribution in [0.5, 0.6) is 11.5 Å². The topological polar surface area (TPSA) is 159 Å². The molecular formula is C40H38N2O10. The van der Waals surface area contributed by atoms with E-state index in [1.54, 1.807) is 62.5 Å². The van der Waals surface area contributed by atoms with E-state index in [4.69, 9.17) is 23.7 Å². The van der Waals surface area contributed by atoms with Gasteiger partial charge in [-0.1, -0.05) is 36.4 Å². The van der Waals surface area contributed by atoms with Gasteiger partial charge in [0.05, 0.1) is 24.3 Å². The number of fused-ring (bicyclic) bond motifs is 1. The molecule has 0 aliphatic carbocycles. The van der Waals surface area contributed by atoms with Crippen LogP contribution in [0.3, 0.4) is 0 Å². The van der Waals surface area contributed by atoms with Crippen LogP contribution in [0.2, 0.25) is 0 Å². The van der Waals surface area contributed by atoms with E-state index in [9.17, 15) is 24.0 Å². The summed E-state index contributed by atoms with van der Waals surface area (Å²) < 4.78 is 25.3. The molecule has 0 radical (unpaired) electrons. The van der Waals surface area contributed by atoms with Gasteiger partial charge in [0.1, 0.15) is 11.5 Å². The largest absolute Gasteiger partial charge is 0.462 e. The third-order valence-corrected chi connectivity index (χ3v) is 6.89. The second-order valence-electron chi connectivity index (χ2n) is 11.2. The zero-order chi connectivity index (χ0) is 37.5. The number of pyridine rings is 1. The molecule has 0 unspecified atom stereocenters. The Bertz CT molecular complexity index is 2010. The molecular weight excluding hydrogens is 668 g/mol. The predicted molar refractivity (Wildman–Crippen MR) is 194 cm³/mol. The molecule has 2 heterocycles. The number of esters is 4. The maximum atomic E-state index is 11.8. The average Bonchev–Trinajstić information content (AvgIpc) is 3.13. The van der Waals surface area contributed by atoms with Crippen molar-refractivity contribution in [3.05, 3.63) is 149 Å². The molecule has 12 nitrogen and oxygen atoms in total. The number of para-hydroxylation sites is 2. The van der Waals surface area contributed by atoms with Crippen molar-refractivity contribution in [1.29, 1.82) is 0 Å². The third kappa shape index (κ3) is 11.2. The molecule has 5 aromatic rings. The Morgan fingerprint density at radius 2 is 1.23 bits per heavy atom. The van der Waals surface area contributed by atoms with Gasteiger partial charge in [-0.25, -0.2) is 19.2 Å². The highest BCUT2D eigenvalue weighted by Crippen LogP contribution is 2.23. The molecule has 268 valence electrons. The van der Waals surface area contributed by atoms with E-state index in [2.05, 4.69) is 10.3 Å². The number of rotatable bonds is 8.